The smallest absolute Gasteiger partial charge is 0.271 e. The summed E-state index contributed by atoms with van der Waals surface area (Å²) >= 11 is 1.26. The second-order valence-corrected chi connectivity index (χ2v) is 16.2. The number of aryl methyl sites for hydroxylation is 1. The molecule has 0 spiro atoms. The fourth-order valence-electron chi connectivity index (χ4n) is 9.17. The maximum atomic E-state index is 13.5. The number of imide groups is 2. The molecule has 4 fully saturated rings. The summed E-state index contributed by atoms with van der Waals surface area (Å²) in [6.07, 6.45) is 6.81. The van der Waals surface area contributed by atoms with E-state index < -0.39 is 35.6 Å². The Hall–Kier alpha value is -5.49. The Morgan fingerprint density at radius 3 is 2.43 bits per heavy atom. The zero-order chi connectivity index (χ0) is 39.2. The molecule has 3 aromatic rings. The van der Waals surface area contributed by atoms with Crippen LogP contribution in [-0.2, 0) is 14.4 Å². The lowest BCUT2D eigenvalue weighted by molar-refractivity contribution is -0.136. The first-order chi connectivity index (χ1) is 26.9. The summed E-state index contributed by atoms with van der Waals surface area (Å²) in [4.78, 5) is 93.0. The van der Waals surface area contributed by atoms with Crippen LogP contribution in [0.15, 0.2) is 30.5 Å². The molecule has 17 nitrogen and oxygen atoms in total. The summed E-state index contributed by atoms with van der Waals surface area (Å²) < 4.78 is 4.30. The van der Waals surface area contributed by atoms with Crippen LogP contribution in [0.3, 0.4) is 0 Å². The van der Waals surface area contributed by atoms with Crippen molar-refractivity contribution in [2.24, 2.45) is 23.3 Å². The summed E-state index contributed by atoms with van der Waals surface area (Å²) in [5, 5.41) is 6.15. The molecule has 0 aliphatic carbocycles. The van der Waals surface area contributed by atoms with Crippen LogP contribution in [0.4, 0.5) is 22.3 Å². The van der Waals surface area contributed by atoms with E-state index in [4.69, 9.17) is 16.5 Å². The molecule has 7 heterocycles. The first-order valence-electron chi connectivity index (χ1n) is 19.2. The Bertz CT molecular complexity index is 2100. The fourth-order valence-corrected chi connectivity index (χ4v) is 9.83. The molecule has 8 rings (SSSR count). The third kappa shape index (κ3) is 7.18. The summed E-state index contributed by atoms with van der Waals surface area (Å²) in [5.41, 5.74) is 13.8. The van der Waals surface area contributed by atoms with Gasteiger partial charge in [-0.2, -0.15) is 4.37 Å². The Kier molecular flexibility index (Phi) is 10.2. The number of anilines is 4. The lowest BCUT2D eigenvalue weighted by Gasteiger charge is -2.50. The molecular weight excluding hydrogens is 739 g/mol. The van der Waals surface area contributed by atoms with Gasteiger partial charge < -0.3 is 26.6 Å². The van der Waals surface area contributed by atoms with E-state index in [0.29, 0.717) is 25.2 Å². The van der Waals surface area contributed by atoms with E-state index >= 15 is 0 Å². The SMILES string of the molecule is Cc1cc(Nc2nc(N3CCC[C@@H](C4CC(C(N)=O)CCN4C4CCN(c5ccc6c(c5)C(=O)N(C5CCC(=O)NC5=O)C6=O)CC4)C3)cnc2C(N)=O)sn1. The summed E-state index contributed by atoms with van der Waals surface area (Å²) in [6, 6.07) is 6.52. The van der Waals surface area contributed by atoms with Gasteiger partial charge in [0.25, 0.3) is 17.7 Å². The van der Waals surface area contributed by atoms with Crippen molar-refractivity contribution in [2.75, 3.05) is 47.8 Å². The van der Waals surface area contributed by atoms with Gasteiger partial charge in [-0.3, -0.25) is 43.9 Å². The number of carbonyl (C=O) groups excluding carboxylic acids is 6. The largest absolute Gasteiger partial charge is 0.371 e. The van der Waals surface area contributed by atoms with Gasteiger partial charge in [-0.05, 0) is 100 Å². The number of carbonyl (C=O) groups is 6. The van der Waals surface area contributed by atoms with E-state index in [-0.39, 0.29) is 65.3 Å². The highest BCUT2D eigenvalue weighted by Gasteiger charge is 2.45. The van der Waals surface area contributed by atoms with E-state index in [1.807, 2.05) is 19.1 Å². The van der Waals surface area contributed by atoms with Crippen LogP contribution < -0.4 is 31.9 Å². The van der Waals surface area contributed by atoms with Crippen LogP contribution >= 0.6 is 11.5 Å². The minimum Gasteiger partial charge on any atom is -0.371 e. The van der Waals surface area contributed by atoms with E-state index in [1.54, 1.807) is 18.3 Å². The highest BCUT2D eigenvalue weighted by atomic mass is 32.1. The lowest BCUT2D eigenvalue weighted by atomic mass is 9.78. The Balaban J connectivity index is 0.958. The highest BCUT2D eigenvalue weighted by molar-refractivity contribution is 7.10. The van der Waals surface area contributed by atoms with Crippen LogP contribution in [0, 0.1) is 18.8 Å². The zero-order valence-electron chi connectivity index (χ0n) is 31.1. The summed E-state index contributed by atoms with van der Waals surface area (Å²) in [6.45, 7) is 5.59. The molecule has 0 radical (unpaired) electrons. The predicted octanol–water partition coefficient (Wildman–Crippen LogP) is 1.94. The standard InChI is InChI=1S/C38H45N11O6S/c1-20-15-31(56-45-20)44-35-32(34(40)52)41-18-29(42-35)47-11-2-3-22(19-47)28-16-21(33(39)51)8-14-48(28)23-9-12-46(13-10-23)24-4-5-25-26(17-24)38(55)49(37(25)54)27-6-7-30(50)43-36(27)53/h4-5,15,17-18,21-23,27-28H,2-3,6-14,16,19H2,1H3,(H2,39,51)(H2,40,52)(H,42,44)(H,43,50,53)/t21?,22-,27?,28?/m1/s1. The highest BCUT2D eigenvalue weighted by Crippen LogP contribution is 2.38. The van der Waals surface area contributed by atoms with Crippen molar-refractivity contribution < 1.29 is 28.8 Å². The van der Waals surface area contributed by atoms with Crippen molar-refractivity contribution in [1.29, 1.82) is 0 Å². The molecule has 5 aliphatic heterocycles. The average molecular weight is 784 g/mol. The number of hydrogen-bond acceptors (Lipinski definition) is 14. The Morgan fingerprint density at radius 1 is 0.929 bits per heavy atom. The van der Waals surface area contributed by atoms with E-state index in [2.05, 4.69) is 34.7 Å². The zero-order valence-corrected chi connectivity index (χ0v) is 31.9. The number of primary amides is 2. The van der Waals surface area contributed by atoms with Gasteiger partial charge in [-0.1, -0.05) is 0 Å². The average Bonchev–Trinajstić information content (AvgIpc) is 3.72. The molecule has 294 valence electrons. The van der Waals surface area contributed by atoms with Crippen molar-refractivity contribution in [3.05, 3.63) is 53.0 Å². The lowest BCUT2D eigenvalue weighted by Crippen LogP contribution is -2.58. The van der Waals surface area contributed by atoms with Crippen LogP contribution in [0.5, 0.6) is 0 Å². The first kappa shape index (κ1) is 37.4. The summed E-state index contributed by atoms with van der Waals surface area (Å²) in [7, 11) is 0. The van der Waals surface area contributed by atoms with Crippen LogP contribution in [0.1, 0.15) is 88.3 Å². The second kappa shape index (κ2) is 15.2. The van der Waals surface area contributed by atoms with Gasteiger partial charge in [-0.15, -0.1) is 0 Å². The number of aromatic nitrogens is 3. The number of benzene rings is 1. The van der Waals surface area contributed by atoms with Gasteiger partial charge in [0, 0.05) is 56.3 Å². The fraction of sp³-hybridized carbons (Fsp3) is 0.500. The molecule has 5 aliphatic rings. The second-order valence-electron chi connectivity index (χ2n) is 15.4. The van der Waals surface area contributed by atoms with Crippen molar-refractivity contribution in [3.8, 4) is 0 Å². The molecular formula is C38H45N11O6S. The quantitative estimate of drug-likeness (QED) is 0.228. The molecule has 0 saturated carbocycles. The van der Waals surface area contributed by atoms with Crippen LogP contribution in [0.2, 0.25) is 0 Å². The molecule has 6 amide bonds. The van der Waals surface area contributed by atoms with E-state index in [9.17, 15) is 28.8 Å². The third-order valence-electron chi connectivity index (χ3n) is 12.0. The molecule has 56 heavy (non-hydrogen) atoms. The molecule has 2 aromatic heterocycles. The number of hydrogen-bond donors (Lipinski definition) is 4. The van der Waals surface area contributed by atoms with Crippen molar-refractivity contribution in [1.82, 2.24) is 29.5 Å². The minimum absolute atomic E-state index is 0.0524. The Labute approximate surface area is 327 Å². The normalized spacial score (nSPS) is 25.0. The predicted molar refractivity (Wildman–Crippen MR) is 206 cm³/mol. The molecule has 6 N–H and O–H groups in total. The summed E-state index contributed by atoms with van der Waals surface area (Å²) in [5.74, 6) is -2.07. The van der Waals surface area contributed by atoms with Crippen molar-refractivity contribution in [2.45, 2.75) is 76.4 Å². The van der Waals surface area contributed by atoms with Gasteiger partial charge in [0.1, 0.15) is 16.9 Å². The molecule has 1 aromatic carbocycles. The maximum Gasteiger partial charge on any atom is 0.271 e. The third-order valence-corrected chi connectivity index (χ3v) is 12.8. The van der Waals surface area contributed by atoms with Crippen molar-refractivity contribution in [3.63, 3.8) is 0 Å². The number of nitrogens with two attached hydrogens (primary N) is 2. The minimum atomic E-state index is -1.01. The van der Waals surface area contributed by atoms with Gasteiger partial charge >= 0.3 is 0 Å². The van der Waals surface area contributed by atoms with E-state index in [1.165, 1.54) is 11.5 Å². The molecule has 4 atom stereocenters. The van der Waals surface area contributed by atoms with Gasteiger partial charge in [0.05, 0.1) is 23.0 Å². The number of nitrogens with zero attached hydrogens (tertiary/aromatic N) is 7. The molecule has 4 saturated heterocycles. The number of fused-ring (bicyclic) bond motifs is 1. The van der Waals surface area contributed by atoms with Crippen LogP contribution in [0.25, 0.3) is 0 Å². The molecule has 0 bridgehead atoms. The number of likely N-dealkylation sites (tertiary alicyclic amines) is 1. The Morgan fingerprint density at radius 2 is 1.71 bits per heavy atom. The molecule has 18 heteroatoms. The first-order valence-corrected chi connectivity index (χ1v) is 20.0. The topological polar surface area (TPSA) is 230 Å². The van der Waals surface area contributed by atoms with Crippen molar-refractivity contribution >= 4 is 69.3 Å². The van der Waals surface area contributed by atoms with E-state index in [0.717, 1.165) is 73.1 Å². The number of rotatable bonds is 9. The van der Waals surface area contributed by atoms with Crippen LogP contribution in [-0.4, -0.2) is 110 Å². The number of nitrogens with one attached hydrogen (secondary N) is 2. The maximum absolute atomic E-state index is 13.5. The number of amides is 6. The number of piperidine rings is 4. The molecule has 3 unspecified atom stereocenters. The van der Waals surface area contributed by atoms with Gasteiger partial charge in [0.15, 0.2) is 11.5 Å². The van der Waals surface area contributed by atoms with Gasteiger partial charge in [0.2, 0.25) is 17.7 Å². The van der Waals surface area contributed by atoms with Gasteiger partial charge in [-0.25, -0.2) is 9.97 Å². The monoisotopic (exact) mass is 783 g/mol.